The van der Waals surface area contributed by atoms with E-state index >= 15 is 0 Å². The van der Waals surface area contributed by atoms with Crippen molar-refractivity contribution in [1.82, 2.24) is 10.2 Å². The lowest BCUT2D eigenvalue weighted by molar-refractivity contribution is -0.150. The van der Waals surface area contributed by atoms with E-state index < -0.39 is 23.5 Å². The first-order valence-corrected chi connectivity index (χ1v) is 12.6. The van der Waals surface area contributed by atoms with Gasteiger partial charge in [-0.05, 0) is 27.7 Å². The lowest BCUT2D eigenvalue weighted by Gasteiger charge is -2.35. The van der Waals surface area contributed by atoms with E-state index in [1.54, 1.807) is 11.8 Å². The first-order valence-electron chi connectivity index (χ1n) is 11.5. The molecule has 0 bridgehead atoms. The molecule has 1 heterocycles. The summed E-state index contributed by atoms with van der Waals surface area (Å²) in [5.41, 5.74) is 4.09. The van der Waals surface area contributed by atoms with Crippen LogP contribution < -0.4 is 5.32 Å². The number of nitrogens with one attached hydrogen (secondary N) is 1. The number of nitrogens with zero attached hydrogens (tertiary/aromatic N) is 1. The second kappa shape index (κ2) is 10.1. The molecule has 7 nitrogen and oxygen atoms in total. The fourth-order valence-electron chi connectivity index (χ4n) is 4.64. The lowest BCUT2D eigenvalue weighted by atomic mass is 9.88. The van der Waals surface area contributed by atoms with Crippen LogP contribution in [0.15, 0.2) is 48.5 Å². The number of carbonyl (C=O) groups excluding carboxylic acids is 2. The molecule has 8 heteroatoms. The Morgan fingerprint density at radius 1 is 1.09 bits per heavy atom. The Labute approximate surface area is 203 Å². The first kappa shape index (κ1) is 24.1. The number of alkyl carbamates (subject to hydrolysis) is 1. The fraction of sp³-hybridized carbons (Fsp3) is 0.423. The summed E-state index contributed by atoms with van der Waals surface area (Å²) >= 11 is 1.54. The molecule has 1 aliphatic carbocycles. The SMILES string of the molecule is CC(C)(CNC(=O)OCC1c2ccccc2-c2ccccc21)CC(=O)N1CCSCC1C(=O)O. The van der Waals surface area contributed by atoms with Gasteiger partial charge >= 0.3 is 12.1 Å². The van der Waals surface area contributed by atoms with Crippen molar-refractivity contribution < 1.29 is 24.2 Å². The van der Waals surface area contributed by atoms with Gasteiger partial charge in [-0.2, -0.15) is 11.8 Å². The number of carboxylic acids is 1. The van der Waals surface area contributed by atoms with Gasteiger partial charge in [-0.15, -0.1) is 0 Å². The van der Waals surface area contributed by atoms with Crippen LogP contribution in [0.4, 0.5) is 4.79 Å². The average molecular weight is 483 g/mol. The molecule has 34 heavy (non-hydrogen) atoms. The van der Waals surface area contributed by atoms with Gasteiger partial charge in [0.1, 0.15) is 12.6 Å². The van der Waals surface area contributed by atoms with Crippen molar-refractivity contribution in [3.8, 4) is 11.1 Å². The minimum absolute atomic E-state index is 0.0161. The third-order valence-electron chi connectivity index (χ3n) is 6.42. The Balaban J connectivity index is 1.31. The van der Waals surface area contributed by atoms with Crippen LogP contribution in [0.25, 0.3) is 11.1 Å². The van der Waals surface area contributed by atoms with E-state index in [0.717, 1.165) is 16.9 Å². The predicted molar refractivity (Wildman–Crippen MR) is 132 cm³/mol. The number of hydrogen-bond donors (Lipinski definition) is 2. The zero-order valence-electron chi connectivity index (χ0n) is 19.5. The summed E-state index contributed by atoms with van der Waals surface area (Å²) in [7, 11) is 0. The zero-order chi connectivity index (χ0) is 24.3. The van der Waals surface area contributed by atoms with Crippen molar-refractivity contribution >= 4 is 29.7 Å². The molecule has 2 amide bonds. The molecular weight excluding hydrogens is 452 g/mol. The van der Waals surface area contributed by atoms with Gasteiger partial charge < -0.3 is 20.1 Å². The molecule has 4 rings (SSSR count). The van der Waals surface area contributed by atoms with Crippen LogP contribution in [0.2, 0.25) is 0 Å². The smallest absolute Gasteiger partial charge is 0.407 e. The van der Waals surface area contributed by atoms with Crippen molar-refractivity contribution in [3.63, 3.8) is 0 Å². The van der Waals surface area contributed by atoms with Crippen LogP contribution in [0.3, 0.4) is 0 Å². The standard InChI is InChI=1S/C26H30N2O5S/c1-26(2,13-23(29)28-11-12-34-15-22(28)24(30)31)16-27-25(32)33-14-21-19-9-5-3-7-17(19)18-8-4-6-10-20(18)21/h3-10,21-22H,11-16H2,1-2H3,(H,27,32)(H,30,31). The molecule has 0 spiro atoms. The number of hydrogen-bond acceptors (Lipinski definition) is 5. The molecule has 2 aromatic carbocycles. The van der Waals surface area contributed by atoms with Crippen molar-refractivity contribution in [1.29, 1.82) is 0 Å². The molecule has 1 saturated heterocycles. The summed E-state index contributed by atoms with van der Waals surface area (Å²) in [4.78, 5) is 38.3. The largest absolute Gasteiger partial charge is 0.480 e. The summed E-state index contributed by atoms with van der Waals surface area (Å²) in [5.74, 6) is -0.0622. The highest BCUT2D eigenvalue weighted by molar-refractivity contribution is 7.99. The van der Waals surface area contributed by atoms with Gasteiger partial charge in [0.05, 0.1) is 0 Å². The number of rotatable bonds is 7. The lowest BCUT2D eigenvalue weighted by Crippen LogP contribution is -2.51. The topological polar surface area (TPSA) is 95.9 Å². The fourth-order valence-corrected chi connectivity index (χ4v) is 5.68. The van der Waals surface area contributed by atoms with Crippen molar-refractivity contribution in [2.75, 3.05) is 31.2 Å². The number of amides is 2. The van der Waals surface area contributed by atoms with E-state index in [2.05, 4.69) is 29.6 Å². The minimum atomic E-state index is -0.977. The number of carbonyl (C=O) groups is 3. The third-order valence-corrected chi connectivity index (χ3v) is 7.44. The molecule has 2 aliphatic rings. The van der Waals surface area contributed by atoms with Crippen LogP contribution in [0, 0.1) is 5.41 Å². The molecule has 180 valence electrons. The monoisotopic (exact) mass is 482 g/mol. The molecule has 0 saturated carbocycles. The van der Waals surface area contributed by atoms with Gasteiger partial charge in [0.2, 0.25) is 5.91 Å². The van der Waals surface area contributed by atoms with E-state index in [-0.39, 0.29) is 31.4 Å². The maximum Gasteiger partial charge on any atom is 0.407 e. The van der Waals surface area contributed by atoms with E-state index in [0.29, 0.717) is 12.3 Å². The summed E-state index contributed by atoms with van der Waals surface area (Å²) in [6.45, 7) is 4.66. The Hall–Kier alpha value is -3.00. The van der Waals surface area contributed by atoms with Gasteiger partial charge in [-0.25, -0.2) is 9.59 Å². The second-order valence-electron chi connectivity index (χ2n) is 9.54. The van der Waals surface area contributed by atoms with Crippen LogP contribution in [-0.4, -0.2) is 65.2 Å². The van der Waals surface area contributed by atoms with Gasteiger partial charge in [0, 0.05) is 36.9 Å². The Bertz CT molecular complexity index is 1040. The predicted octanol–water partition coefficient (Wildman–Crippen LogP) is 3.97. The molecule has 1 unspecified atom stereocenters. The van der Waals surface area contributed by atoms with Crippen LogP contribution in [-0.2, 0) is 14.3 Å². The number of fused-ring (bicyclic) bond motifs is 3. The van der Waals surface area contributed by atoms with E-state index in [9.17, 15) is 19.5 Å². The molecule has 1 aliphatic heterocycles. The van der Waals surface area contributed by atoms with E-state index in [1.807, 2.05) is 38.1 Å². The summed E-state index contributed by atoms with van der Waals surface area (Å²) < 4.78 is 5.58. The van der Waals surface area contributed by atoms with Gasteiger partial charge in [-0.1, -0.05) is 62.4 Å². The highest BCUT2D eigenvalue weighted by Crippen LogP contribution is 2.44. The van der Waals surface area contributed by atoms with Crippen LogP contribution in [0.5, 0.6) is 0 Å². The van der Waals surface area contributed by atoms with Gasteiger partial charge in [0.15, 0.2) is 0 Å². The number of benzene rings is 2. The maximum atomic E-state index is 12.8. The molecule has 1 fully saturated rings. The quantitative estimate of drug-likeness (QED) is 0.620. The van der Waals surface area contributed by atoms with Gasteiger partial charge in [0.25, 0.3) is 0 Å². The highest BCUT2D eigenvalue weighted by atomic mass is 32.2. The van der Waals surface area contributed by atoms with Gasteiger partial charge in [-0.3, -0.25) is 4.79 Å². The Morgan fingerprint density at radius 2 is 1.71 bits per heavy atom. The molecule has 1 atom stereocenters. The number of aliphatic carboxylic acids is 1. The maximum absolute atomic E-state index is 12.8. The molecular formula is C26H30N2O5S. The van der Waals surface area contributed by atoms with Crippen LogP contribution in [0.1, 0.15) is 37.3 Å². The molecule has 2 N–H and O–H groups in total. The Morgan fingerprint density at radius 3 is 2.32 bits per heavy atom. The summed E-state index contributed by atoms with van der Waals surface area (Å²) in [6.07, 6.45) is -0.384. The minimum Gasteiger partial charge on any atom is -0.480 e. The third kappa shape index (κ3) is 5.22. The molecule has 2 aromatic rings. The number of thioether (sulfide) groups is 1. The van der Waals surface area contributed by atoms with Crippen molar-refractivity contribution in [2.45, 2.75) is 32.2 Å². The van der Waals surface area contributed by atoms with Crippen molar-refractivity contribution in [3.05, 3.63) is 59.7 Å². The van der Waals surface area contributed by atoms with E-state index in [4.69, 9.17) is 4.74 Å². The zero-order valence-corrected chi connectivity index (χ0v) is 20.3. The number of ether oxygens (including phenoxy) is 1. The average Bonchev–Trinajstić information content (AvgIpc) is 3.15. The normalized spacial score (nSPS) is 17.6. The highest BCUT2D eigenvalue weighted by Gasteiger charge is 2.35. The Kier molecular flexibility index (Phi) is 7.16. The summed E-state index contributed by atoms with van der Waals surface area (Å²) in [5, 5.41) is 12.2. The van der Waals surface area contributed by atoms with Crippen molar-refractivity contribution in [2.24, 2.45) is 5.41 Å². The number of carboxylic acid groups (broad SMARTS) is 1. The second-order valence-corrected chi connectivity index (χ2v) is 10.7. The molecule has 0 aromatic heterocycles. The van der Waals surface area contributed by atoms with Crippen LogP contribution >= 0.6 is 11.8 Å². The van der Waals surface area contributed by atoms with E-state index in [1.165, 1.54) is 16.0 Å². The summed E-state index contributed by atoms with van der Waals surface area (Å²) in [6, 6.07) is 15.5. The first-order chi connectivity index (χ1) is 16.3. The molecule has 0 radical (unpaired) electrons.